The van der Waals surface area contributed by atoms with Gasteiger partial charge < -0.3 is 34.2 Å². The lowest BCUT2D eigenvalue weighted by Gasteiger charge is -2.33. The normalized spacial score (nSPS) is 14.4. The Bertz CT molecular complexity index is 1740. The van der Waals surface area contributed by atoms with Gasteiger partial charge in [-0.1, -0.05) is 30.6 Å². The van der Waals surface area contributed by atoms with E-state index in [-0.39, 0.29) is 25.2 Å². The molecule has 2 aromatic heterocycles. The fourth-order valence-electron chi connectivity index (χ4n) is 5.80. The molecule has 13 nitrogen and oxygen atoms in total. The van der Waals surface area contributed by atoms with E-state index in [1.165, 1.54) is 13.2 Å². The highest BCUT2D eigenvalue weighted by Gasteiger charge is 2.25. The summed E-state index contributed by atoms with van der Waals surface area (Å²) < 4.78 is 17.0. The SMILES string of the molecule is C.CO.COC(=O)c1cc(Cl)cc(OC2CCN(c3ccncn3)CC2)c1C.Cc1c(OC2CCN(c3ccncn3)CC2)cc(Cl)cc1C(=O)O. The zero-order valence-corrected chi connectivity index (χ0v) is 30.5. The van der Waals surface area contributed by atoms with Crippen molar-refractivity contribution in [3.63, 3.8) is 0 Å². The van der Waals surface area contributed by atoms with Crippen LogP contribution in [0, 0.1) is 13.8 Å². The summed E-state index contributed by atoms with van der Waals surface area (Å²) in [5, 5.41) is 17.1. The van der Waals surface area contributed by atoms with Gasteiger partial charge in [0, 0.05) is 92.5 Å². The van der Waals surface area contributed by atoms with Crippen LogP contribution in [0.2, 0.25) is 10.0 Å². The molecule has 0 radical (unpaired) electrons. The Balaban J connectivity index is 0.000000263. The first-order valence-electron chi connectivity index (χ1n) is 16.3. The number of benzene rings is 2. The minimum atomic E-state index is -1.00. The summed E-state index contributed by atoms with van der Waals surface area (Å²) in [4.78, 5) is 44.0. The number of ether oxygens (including phenoxy) is 3. The van der Waals surface area contributed by atoms with Gasteiger partial charge in [0.1, 0.15) is 48.0 Å². The number of rotatable bonds is 8. The molecular weight excluding hydrogens is 711 g/mol. The number of hydrogen-bond donors (Lipinski definition) is 2. The molecule has 0 unspecified atom stereocenters. The summed E-state index contributed by atoms with van der Waals surface area (Å²) in [6, 6.07) is 10.3. The molecule has 0 bridgehead atoms. The summed E-state index contributed by atoms with van der Waals surface area (Å²) in [6.07, 6.45) is 10.1. The molecular formula is C37H46Cl2N6O7. The number of hydrogen-bond acceptors (Lipinski definition) is 12. The lowest BCUT2D eigenvalue weighted by atomic mass is 10.1. The van der Waals surface area contributed by atoms with Gasteiger partial charge in [-0.05, 0) is 50.2 Å². The second-order valence-electron chi connectivity index (χ2n) is 11.7. The molecule has 4 heterocycles. The molecule has 6 rings (SSSR count). The molecule has 2 fully saturated rings. The average Bonchev–Trinajstić information content (AvgIpc) is 3.16. The van der Waals surface area contributed by atoms with Crippen molar-refractivity contribution >= 4 is 46.8 Å². The maximum atomic E-state index is 11.9. The van der Waals surface area contributed by atoms with Gasteiger partial charge in [0.05, 0.1) is 18.2 Å². The molecule has 0 atom stereocenters. The van der Waals surface area contributed by atoms with E-state index in [1.807, 2.05) is 19.1 Å². The van der Waals surface area contributed by atoms with Crippen molar-refractivity contribution in [1.82, 2.24) is 19.9 Å². The lowest BCUT2D eigenvalue weighted by molar-refractivity contribution is 0.0597. The van der Waals surface area contributed by atoms with Crippen LogP contribution in [0.15, 0.2) is 61.4 Å². The Morgan fingerprint density at radius 2 is 1.13 bits per heavy atom. The third kappa shape index (κ3) is 11.1. The number of aliphatic hydroxyl groups is 1. The maximum absolute atomic E-state index is 11.9. The number of carbonyl (C=O) groups is 2. The summed E-state index contributed by atoms with van der Waals surface area (Å²) in [5.41, 5.74) is 1.96. The highest BCUT2D eigenvalue weighted by molar-refractivity contribution is 6.31. The van der Waals surface area contributed by atoms with E-state index in [2.05, 4.69) is 29.7 Å². The van der Waals surface area contributed by atoms with E-state index < -0.39 is 11.9 Å². The van der Waals surface area contributed by atoms with E-state index in [0.29, 0.717) is 32.7 Å². The summed E-state index contributed by atoms with van der Waals surface area (Å²) in [5.74, 6) is 1.60. The predicted molar refractivity (Wildman–Crippen MR) is 201 cm³/mol. The van der Waals surface area contributed by atoms with Gasteiger partial charge >= 0.3 is 11.9 Å². The number of methoxy groups -OCH3 is 1. The van der Waals surface area contributed by atoms with E-state index in [4.69, 9.17) is 42.5 Å². The van der Waals surface area contributed by atoms with Crippen molar-refractivity contribution in [3.05, 3.63) is 93.7 Å². The van der Waals surface area contributed by atoms with Gasteiger partial charge in [-0.25, -0.2) is 29.5 Å². The average molecular weight is 758 g/mol. The number of nitrogens with zero attached hydrogens (tertiary/aromatic N) is 6. The zero-order chi connectivity index (χ0) is 36.9. The molecule has 0 amide bonds. The van der Waals surface area contributed by atoms with Crippen LogP contribution < -0.4 is 19.3 Å². The third-order valence-corrected chi connectivity index (χ3v) is 8.97. The fourth-order valence-corrected chi connectivity index (χ4v) is 6.22. The predicted octanol–water partition coefficient (Wildman–Crippen LogP) is 6.70. The Labute approximate surface area is 314 Å². The molecule has 52 heavy (non-hydrogen) atoms. The number of carboxylic acid groups (broad SMARTS) is 1. The molecule has 2 aliphatic heterocycles. The molecule has 4 aromatic rings. The van der Waals surface area contributed by atoms with Gasteiger partial charge in [-0.15, -0.1) is 0 Å². The van der Waals surface area contributed by atoms with Crippen molar-refractivity contribution in [3.8, 4) is 11.5 Å². The first-order valence-corrected chi connectivity index (χ1v) is 17.1. The van der Waals surface area contributed by atoms with Gasteiger partial charge in [-0.3, -0.25) is 0 Å². The number of esters is 1. The Morgan fingerprint density at radius 3 is 1.50 bits per heavy atom. The molecule has 2 N–H and O–H groups in total. The minimum Gasteiger partial charge on any atom is -0.490 e. The van der Waals surface area contributed by atoms with Crippen LogP contribution in [-0.4, -0.2) is 94.7 Å². The summed E-state index contributed by atoms with van der Waals surface area (Å²) >= 11 is 12.2. The number of aromatic nitrogens is 4. The van der Waals surface area contributed by atoms with E-state index >= 15 is 0 Å². The second-order valence-corrected chi connectivity index (χ2v) is 12.6. The standard InChI is InChI=1S/C18H20ClN3O3.C17H18ClN3O3.CH4O.CH4/c1-12-15(18(23)24-2)9-13(19)10-16(12)25-14-4-7-22(8-5-14)17-3-6-20-11-21-17;1-11-14(17(22)23)8-12(18)9-15(11)24-13-3-6-21(7-4-13)16-2-5-19-10-20-16;1-2;/h3,6,9-11,14H,4-5,7-8H2,1-2H3;2,5,8-10,13H,3-4,6-7H2,1H3,(H,22,23);2H,1H3;1H4. The van der Waals surface area contributed by atoms with E-state index in [9.17, 15) is 14.7 Å². The minimum absolute atomic E-state index is 0. The number of aromatic carboxylic acids is 1. The van der Waals surface area contributed by atoms with Crippen LogP contribution in [0.4, 0.5) is 11.6 Å². The number of anilines is 2. The van der Waals surface area contributed by atoms with Crippen molar-refractivity contribution < 1.29 is 34.0 Å². The molecule has 2 aromatic carbocycles. The lowest BCUT2D eigenvalue weighted by Crippen LogP contribution is -2.38. The second kappa shape index (κ2) is 20.4. The van der Waals surface area contributed by atoms with Crippen LogP contribution in [0.3, 0.4) is 0 Å². The van der Waals surface area contributed by atoms with Crippen molar-refractivity contribution in [2.24, 2.45) is 0 Å². The van der Waals surface area contributed by atoms with Crippen molar-refractivity contribution in [2.75, 3.05) is 50.2 Å². The molecule has 2 aliphatic rings. The topological polar surface area (TPSA) is 160 Å². The highest BCUT2D eigenvalue weighted by atomic mass is 35.5. The smallest absolute Gasteiger partial charge is 0.338 e. The van der Waals surface area contributed by atoms with E-state index in [0.717, 1.165) is 76.2 Å². The van der Waals surface area contributed by atoms with Crippen molar-refractivity contribution in [1.29, 1.82) is 0 Å². The third-order valence-electron chi connectivity index (χ3n) is 8.54. The monoisotopic (exact) mass is 756 g/mol. The van der Waals surface area contributed by atoms with Crippen LogP contribution in [0.5, 0.6) is 11.5 Å². The summed E-state index contributed by atoms with van der Waals surface area (Å²) in [6.45, 7) is 6.94. The van der Waals surface area contributed by atoms with Crippen LogP contribution >= 0.6 is 23.2 Å². The Kier molecular flexibility index (Phi) is 16.3. The Hall–Kier alpha value is -4.72. The molecule has 0 saturated carbocycles. The molecule has 0 aliphatic carbocycles. The molecule has 15 heteroatoms. The number of carboxylic acids is 1. The Morgan fingerprint density at radius 1 is 0.731 bits per heavy atom. The highest BCUT2D eigenvalue weighted by Crippen LogP contribution is 2.31. The zero-order valence-electron chi connectivity index (χ0n) is 29.0. The molecule has 0 spiro atoms. The summed E-state index contributed by atoms with van der Waals surface area (Å²) in [7, 11) is 2.35. The van der Waals surface area contributed by atoms with Crippen LogP contribution in [0.1, 0.15) is 65.0 Å². The van der Waals surface area contributed by atoms with E-state index in [1.54, 1.807) is 50.2 Å². The van der Waals surface area contributed by atoms with Crippen LogP contribution in [0.25, 0.3) is 0 Å². The maximum Gasteiger partial charge on any atom is 0.338 e. The number of aliphatic hydroxyl groups excluding tert-OH is 1. The van der Waals surface area contributed by atoms with Gasteiger partial charge in [0.2, 0.25) is 0 Å². The molecule has 2 saturated heterocycles. The van der Waals surface area contributed by atoms with Gasteiger partial charge in [0.25, 0.3) is 0 Å². The molecule has 280 valence electrons. The van der Waals surface area contributed by atoms with Crippen LogP contribution in [-0.2, 0) is 4.74 Å². The first kappa shape index (κ1) is 41.7. The fraction of sp³-hybridized carbons (Fsp3) is 0.405. The number of piperidine rings is 2. The quantitative estimate of drug-likeness (QED) is 0.183. The van der Waals surface area contributed by atoms with Gasteiger partial charge in [0.15, 0.2) is 0 Å². The number of carbonyl (C=O) groups excluding carboxylic acids is 1. The largest absolute Gasteiger partial charge is 0.490 e. The van der Waals surface area contributed by atoms with Crippen molar-refractivity contribution in [2.45, 2.75) is 59.2 Å². The number of halogens is 2. The first-order chi connectivity index (χ1) is 24.6. The van der Waals surface area contributed by atoms with Gasteiger partial charge in [-0.2, -0.15) is 0 Å².